The minimum atomic E-state index is 0. The molecule has 2 aliphatic rings. The molecular weight excluding hydrogens is 316 g/mol. The third-order valence-electron chi connectivity index (χ3n) is 2.15. The summed E-state index contributed by atoms with van der Waals surface area (Å²) in [6.07, 6.45) is 23.0. The molecule has 0 aliphatic heterocycles. The van der Waals surface area contributed by atoms with Crippen molar-refractivity contribution in [2.24, 2.45) is 0 Å². The Hall–Kier alpha value is -0.411. The van der Waals surface area contributed by atoms with Gasteiger partial charge in [0.05, 0.1) is 0 Å². The Morgan fingerprint density at radius 3 is 2.00 bits per heavy atom. The van der Waals surface area contributed by atoms with Gasteiger partial charge in [0.2, 0.25) is 0 Å². The molecule has 0 saturated carbocycles. The van der Waals surface area contributed by atoms with Crippen LogP contribution >= 0.6 is 23.5 Å². The van der Waals surface area contributed by atoms with Crippen LogP contribution in [0.4, 0.5) is 0 Å². The van der Waals surface area contributed by atoms with Crippen LogP contribution in [0.2, 0.25) is 0 Å². The Balaban J connectivity index is 0.000000454. The van der Waals surface area contributed by atoms with E-state index in [2.05, 4.69) is 0 Å². The molecule has 0 saturated heterocycles. The summed E-state index contributed by atoms with van der Waals surface area (Å²) in [6, 6.07) is 0. The van der Waals surface area contributed by atoms with Gasteiger partial charge in [-0.05, 0) is 12.5 Å². The monoisotopic (exact) mass is 332 g/mol. The van der Waals surface area contributed by atoms with Crippen LogP contribution < -0.4 is 0 Å². The molecule has 2 rings (SSSR count). The van der Waals surface area contributed by atoms with Crippen LogP contribution in [0, 0.1) is 12.8 Å². The minimum Gasteiger partial charge on any atom is -0.289 e. The van der Waals surface area contributed by atoms with Crippen molar-refractivity contribution in [3.05, 3.63) is 71.3 Å². The predicted octanol–water partition coefficient (Wildman–Crippen LogP) is 4.14. The maximum Gasteiger partial charge on any atom is 0.187 e. The van der Waals surface area contributed by atoms with Crippen molar-refractivity contribution < 1.29 is 21.9 Å². The van der Waals surface area contributed by atoms with Crippen LogP contribution in [-0.2, 0) is 21.9 Å². The molecular formula is C15H16FeOS2. The number of allylic oxidation sites excluding steroid dienone is 9. The van der Waals surface area contributed by atoms with Crippen LogP contribution in [0.1, 0.15) is 0 Å². The number of carbonyl (C=O) groups is 1. The first-order valence-electron chi connectivity index (χ1n) is 5.50. The number of rotatable bonds is 4. The van der Waals surface area contributed by atoms with Crippen molar-refractivity contribution >= 4 is 29.3 Å². The molecule has 19 heavy (non-hydrogen) atoms. The molecule has 102 valence electrons. The molecule has 0 unspecified atom stereocenters. The molecule has 0 amide bonds. The summed E-state index contributed by atoms with van der Waals surface area (Å²) in [5.41, 5.74) is 0.764. The number of carbonyl (C=O) groups excluding carboxylic acids is 1. The van der Waals surface area contributed by atoms with Crippen LogP contribution in [0.15, 0.2) is 58.4 Å². The number of thioether (sulfide) groups is 2. The molecule has 1 nitrogen and oxygen atoms in total. The van der Waals surface area contributed by atoms with Gasteiger partial charge in [0.25, 0.3) is 0 Å². The second-order valence-corrected chi connectivity index (χ2v) is 5.33. The average molecular weight is 332 g/mol. The molecule has 2 aliphatic carbocycles. The molecule has 0 aromatic carbocycles. The van der Waals surface area contributed by atoms with E-state index in [1.54, 1.807) is 29.6 Å². The zero-order chi connectivity index (χ0) is 13.2. The summed E-state index contributed by atoms with van der Waals surface area (Å²) in [5, 5.41) is 0. The SMILES string of the molecule is CSC(=CC(=O)C1=C[CH]C=C1)SC.[CH]1C=CC=C1.[Fe]. The summed E-state index contributed by atoms with van der Waals surface area (Å²) in [7, 11) is 0. The number of ketones is 1. The van der Waals surface area contributed by atoms with Gasteiger partial charge < -0.3 is 0 Å². The van der Waals surface area contributed by atoms with Gasteiger partial charge in [0.1, 0.15) is 0 Å². The van der Waals surface area contributed by atoms with E-state index in [0.29, 0.717) is 0 Å². The van der Waals surface area contributed by atoms with E-state index < -0.39 is 0 Å². The Labute approximate surface area is 134 Å². The topological polar surface area (TPSA) is 17.1 Å². The number of hydrogen-bond acceptors (Lipinski definition) is 3. The van der Waals surface area contributed by atoms with E-state index in [1.165, 1.54) is 0 Å². The van der Waals surface area contributed by atoms with Crippen LogP contribution in [-0.4, -0.2) is 18.3 Å². The average Bonchev–Trinajstić information content (AvgIpc) is 3.09. The second kappa shape index (κ2) is 11.4. The Bertz CT molecular complexity index is 415. The van der Waals surface area contributed by atoms with Gasteiger partial charge in [0.15, 0.2) is 5.78 Å². The third kappa shape index (κ3) is 7.68. The van der Waals surface area contributed by atoms with Gasteiger partial charge in [-0.1, -0.05) is 42.5 Å². The largest absolute Gasteiger partial charge is 0.289 e. The normalized spacial score (nSPS) is 14.3. The summed E-state index contributed by atoms with van der Waals surface area (Å²) >= 11 is 3.20. The molecule has 2 radical (unpaired) electrons. The third-order valence-corrected chi connectivity index (χ3v) is 4.19. The van der Waals surface area contributed by atoms with E-state index in [1.807, 2.05) is 67.9 Å². The summed E-state index contributed by atoms with van der Waals surface area (Å²) in [4.78, 5) is 11.5. The molecule has 0 atom stereocenters. The first-order chi connectivity index (χ1) is 8.77. The molecule has 0 heterocycles. The fraction of sp³-hybridized carbons (Fsp3) is 0.133. The standard InChI is InChI=1S/C10H11OS2.C5H5.Fe/c1-12-10(13-2)7-9(11)8-5-3-4-6-8;1-2-4-5-3-1;/h3-7H,1-2H3;1-5H;. The zero-order valence-corrected chi connectivity index (χ0v) is 13.6. The van der Waals surface area contributed by atoms with Gasteiger partial charge in [-0.15, -0.1) is 23.5 Å². The first-order valence-corrected chi connectivity index (χ1v) is 7.95. The van der Waals surface area contributed by atoms with E-state index in [0.717, 1.165) is 9.81 Å². The van der Waals surface area contributed by atoms with Crippen molar-refractivity contribution in [2.75, 3.05) is 12.5 Å². The van der Waals surface area contributed by atoms with Crippen LogP contribution in [0.25, 0.3) is 0 Å². The van der Waals surface area contributed by atoms with Gasteiger partial charge >= 0.3 is 0 Å². The fourth-order valence-electron chi connectivity index (χ4n) is 1.25. The quantitative estimate of drug-likeness (QED) is 0.569. The summed E-state index contributed by atoms with van der Waals surface area (Å²) in [6.45, 7) is 0. The van der Waals surface area contributed by atoms with Gasteiger partial charge in [-0.25, -0.2) is 0 Å². The molecule has 0 fully saturated rings. The molecule has 0 N–H and O–H groups in total. The molecule has 0 bridgehead atoms. The molecule has 4 heteroatoms. The molecule has 0 aromatic rings. The van der Waals surface area contributed by atoms with E-state index in [9.17, 15) is 4.79 Å². The predicted molar refractivity (Wildman–Crippen MR) is 84.2 cm³/mol. The Kier molecular flexibility index (Phi) is 11.2. The molecule has 0 aromatic heterocycles. The molecule has 0 spiro atoms. The first kappa shape index (κ1) is 18.6. The van der Waals surface area contributed by atoms with E-state index in [-0.39, 0.29) is 22.9 Å². The van der Waals surface area contributed by atoms with Crippen molar-refractivity contribution in [3.63, 3.8) is 0 Å². The minimum absolute atomic E-state index is 0. The van der Waals surface area contributed by atoms with Crippen molar-refractivity contribution in [1.29, 1.82) is 0 Å². The van der Waals surface area contributed by atoms with Gasteiger partial charge in [-0.2, -0.15) is 0 Å². The van der Waals surface area contributed by atoms with Crippen molar-refractivity contribution in [1.82, 2.24) is 0 Å². The maximum atomic E-state index is 11.5. The van der Waals surface area contributed by atoms with Crippen LogP contribution in [0.5, 0.6) is 0 Å². The Morgan fingerprint density at radius 1 is 1.00 bits per heavy atom. The van der Waals surface area contributed by atoms with Crippen molar-refractivity contribution in [2.45, 2.75) is 0 Å². The van der Waals surface area contributed by atoms with Gasteiger partial charge in [-0.3, -0.25) is 4.79 Å². The summed E-state index contributed by atoms with van der Waals surface area (Å²) in [5.74, 6) is 0.0868. The zero-order valence-electron chi connectivity index (χ0n) is 10.9. The smallest absolute Gasteiger partial charge is 0.187 e. The van der Waals surface area contributed by atoms with Gasteiger partial charge in [0, 0.05) is 45.8 Å². The number of hydrogen-bond donors (Lipinski definition) is 0. The van der Waals surface area contributed by atoms with Crippen LogP contribution in [0.3, 0.4) is 0 Å². The van der Waals surface area contributed by atoms with Crippen molar-refractivity contribution in [3.8, 4) is 0 Å². The fourth-order valence-corrected chi connectivity index (χ4v) is 2.37. The maximum absolute atomic E-state index is 11.5. The second-order valence-electron chi connectivity index (χ2n) is 3.37. The van der Waals surface area contributed by atoms with E-state index in [4.69, 9.17) is 0 Å². The Morgan fingerprint density at radius 2 is 1.63 bits per heavy atom. The summed E-state index contributed by atoms with van der Waals surface area (Å²) < 4.78 is 1.05. The van der Waals surface area contributed by atoms with E-state index >= 15 is 0 Å².